The summed E-state index contributed by atoms with van der Waals surface area (Å²) in [5.74, 6) is 1.87. The van der Waals surface area contributed by atoms with Crippen molar-refractivity contribution in [3.63, 3.8) is 0 Å². The van der Waals surface area contributed by atoms with Crippen molar-refractivity contribution in [3.05, 3.63) is 0 Å². The van der Waals surface area contributed by atoms with E-state index in [1.54, 1.807) is 0 Å². The molecule has 0 amide bonds. The predicted octanol–water partition coefficient (Wildman–Crippen LogP) is 1.81. The Labute approximate surface area is 69.0 Å². The summed E-state index contributed by atoms with van der Waals surface area (Å²) in [6.45, 7) is 4.75. The van der Waals surface area contributed by atoms with E-state index in [9.17, 15) is 0 Å². The Morgan fingerprint density at radius 2 is 1.40 bits per heavy atom. The molecule has 0 aromatic rings. The number of hydrogen-bond donors (Lipinski definition) is 1. The topological polar surface area (TPSA) is 12.0 Å². The fraction of sp³-hybridized carbons (Fsp3) is 1.00. The zero-order valence-corrected chi connectivity index (χ0v) is 7.45. The molecular weight excluding hydrogens is 146 g/mol. The van der Waals surface area contributed by atoms with Gasteiger partial charge in [-0.15, -0.1) is 12.4 Å². The van der Waals surface area contributed by atoms with Crippen LogP contribution in [0.3, 0.4) is 0 Å². The number of rotatable bonds is 0. The first-order valence-corrected chi connectivity index (χ1v) is 4.05. The van der Waals surface area contributed by atoms with E-state index in [1.165, 1.54) is 12.8 Å². The van der Waals surface area contributed by atoms with Crippen LogP contribution in [-0.2, 0) is 0 Å². The highest BCUT2D eigenvalue weighted by Crippen LogP contribution is 2.37. The molecule has 0 saturated carbocycles. The van der Waals surface area contributed by atoms with Crippen molar-refractivity contribution in [2.24, 2.45) is 11.8 Å². The van der Waals surface area contributed by atoms with Crippen molar-refractivity contribution in [3.8, 4) is 0 Å². The Hall–Kier alpha value is 0.250. The van der Waals surface area contributed by atoms with E-state index in [0.29, 0.717) is 0 Å². The third-order valence-electron chi connectivity index (χ3n) is 3.32. The van der Waals surface area contributed by atoms with Gasteiger partial charge >= 0.3 is 0 Å². The van der Waals surface area contributed by atoms with Crippen LogP contribution in [0.2, 0.25) is 0 Å². The summed E-state index contributed by atoms with van der Waals surface area (Å²) in [5.41, 5.74) is 0. The summed E-state index contributed by atoms with van der Waals surface area (Å²) in [5, 5.41) is 3.63. The number of nitrogens with one attached hydrogen (secondary N) is 1. The quantitative estimate of drug-likeness (QED) is 0.572. The molecule has 0 radical (unpaired) electrons. The molecule has 0 unspecified atom stereocenters. The lowest BCUT2D eigenvalue weighted by atomic mass is 9.82. The third-order valence-corrected chi connectivity index (χ3v) is 3.32. The first-order chi connectivity index (χ1) is 4.29. The van der Waals surface area contributed by atoms with Crippen molar-refractivity contribution in [1.82, 2.24) is 5.32 Å². The molecule has 1 nitrogen and oxygen atoms in total. The van der Waals surface area contributed by atoms with Gasteiger partial charge in [0, 0.05) is 12.1 Å². The molecule has 2 aliphatic heterocycles. The Bertz CT molecular complexity index is 108. The zero-order chi connectivity index (χ0) is 6.43. The van der Waals surface area contributed by atoms with E-state index in [0.717, 1.165) is 23.9 Å². The standard InChI is InChI=1S/C8H15N.ClH/c1-5-6(2)8-4-3-7(5)9-8;/h5-9H,3-4H2,1-2H3;1H/t5-,6+,7+,8-;. The van der Waals surface area contributed by atoms with Crippen LogP contribution in [0.25, 0.3) is 0 Å². The summed E-state index contributed by atoms with van der Waals surface area (Å²) < 4.78 is 0. The minimum absolute atomic E-state index is 0. The molecule has 2 heterocycles. The van der Waals surface area contributed by atoms with Crippen LogP contribution in [0.15, 0.2) is 0 Å². The normalized spacial score (nSPS) is 51.0. The van der Waals surface area contributed by atoms with Gasteiger partial charge in [-0.25, -0.2) is 0 Å². The van der Waals surface area contributed by atoms with Gasteiger partial charge in [-0.2, -0.15) is 0 Å². The van der Waals surface area contributed by atoms with Crippen LogP contribution < -0.4 is 5.32 Å². The second-order valence-corrected chi connectivity index (χ2v) is 3.68. The Morgan fingerprint density at radius 3 is 1.60 bits per heavy atom. The highest BCUT2D eigenvalue weighted by Gasteiger charge is 2.41. The van der Waals surface area contributed by atoms with Gasteiger partial charge < -0.3 is 5.32 Å². The molecule has 60 valence electrons. The van der Waals surface area contributed by atoms with Crippen molar-refractivity contribution >= 4 is 12.4 Å². The van der Waals surface area contributed by atoms with Crippen molar-refractivity contribution < 1.29 is 0 Å². The highest BCUT2D eigenvalue weighted by molar-refractivity contribution is 5.85. The summed E-state index contributed by atoms with van der Waals surface area (Å²) in [4.78, 5) is 0. The minimum atomic E-state index is 0. The Morgan fingerprint density at radius 1 is 1.00 bits per heavy atom. The average Bonchev–Trinajstić information content (AvgIpc) is 2.37. The maximum absolute atomic E-state index is 3.63. The molecule has 10 heavy (non-hydrogen) atoms. The highest BCUT2D eigenvalue weighted by atomic mass is 35.5. The van der Waals surface area contributed by atoms with Gasteiger partial charge in [0.05, 0.1) is 0 Å². The number of hydrogen-bond acceptors (Lipinski definition) is 1. The predicted molar refractivity (Wildman–Crippen MR) is 45.5 cm³/mol. The van der Waals surface area contributed by atoms with E-state index >= 15 is 0 Å². The second-order valence-electron chi connectivity index (χ2n) is 3.68. The SMILES string of the molecule is C[C@@H]1[C@H](C)[C@H]2CC[C@@H]1N2.Cl. The van der Waals surface area contributed by atoms with Crippen LogP contribution in [0.4, 0.5) is 0 Å². The van der Waals surface area contributed by atoms with Gasteiger partial charge in [-0.1, -0.05) is 13.8 Å². The van der Waals surface area contributed by atoms with E-state index in [2.05, 4.69) is 19.2 Å². The molecule has 1 N–H and O–H groups in total. The first-order valence-electron chi connectivity index (χ1n) is 4.05. The van der Waals surface area contributed by atoms with Gasteiger partial charge in [0.1, 0.15) is 0 Å². The minimum Gasteiger partial charge on any atom is -0.311 e. The molecule has 2 aliphatic rings. The van der Waals surface area contributed by atoms with Crippen molar-refractivity contribution in [2.45, 2.75) is 38.8 Å². The number of fused-ring (bicyclic) bond motifs is 2. The van der Waals surface area contributed by atoms with Gasteiger partial charge in [0.15, 0.2) is 0 Å². The maximum atomic E-state index is 3.63. The van der Waals surface area contributed by atoms with Crippen LogP contribution in [0.5, 0.6) is 0 Å². The van der Waals surface area contributed by atoms with Gasteiger partial charge in [0.2, 0.25) is 0 Å². The average molecular weight is 162 g/mol. The lowest BCUT2D eigenvalue weighted by Crippen LogP contribution is -2.21. The second kappa shape index (κ2) is 2.71. The molecule has 2 bridgehead atoms. The fourth-order valence-corrected chi connectivity index (χ4v) is 2.36. The maximum Gasteiger partial charge on any atom is 0.00991 e. The van der Waals surface area contributed by atoms with Gasteiger partial charge in [-0.3, -0.25) is 0 Å². The Balaban J connectivity index is 0.000000500. The molecule has 0 aromatic carbocycles. The van der Waals surface area contributed by atoms with Gasteiger partial charge in [-0.05, 0) is 24.7 Å². The monoisotopic (exact) mass is 161 g/mol. The number of halogens is 1. The lowest BCUT2D eigenvalue weighted by molar-refractivity contribution is 0.330. The summed E-state index contributed by atoms with van der Waals surface area (Å²) >= 11 is 0. The molecule has 4 atom stereocenters. The molecule has 0 spiro atoms. The van der Waals surface area contributed by atoms with Crippen molar-refractivity contribution in [1.29, 1.82) is 0 Å². The summed E-state index contributed by atoms with van der Waals surface area (Å²) in [7, 11) is 0. The molecular formula is C8H16ClN. The molecule has 2 saturated heterocycles. The smallest absolute Gasteiger partial charge is 0.00991 e. The molecule has 2 heteroatoms. The van der Waals surface area contributed by atoms with Crippen LogP contribution in [0, 0.1) is 11.8 Å². The lowest BCUT2D eigenvalue weighted by Gasteiger charge is -2.21. The molecule has 2 rings (SSSR count). The molecule has 0 aromatic heterocycles. The first kappa shape index (κ1) is 8.35. The van der Waals surface area contributed by atoms with E-state index in [1.807, 2.05) is 0 Å². The zero-order valence-electron chi connectivity index (χ0n) is 6.63. The molecule has 2 fully saturated rings. The van der Waals surface area contributed by atoms with Crippen LogP contribution >= 0.6 is 12.4 Å². The van der Waals surface area contributed by atoms with E-state index in [4.69, 9.17) is 0 Å². The molecule has 0 aliphatic carbocycles. The van der Waals surface area contributed by atoms with Crippen LogP contribution in [-0.4, -0.2) is 12.1 Å². The summed E-state index contributed by atoms with van der Waals surface area (Å²) in [6.07, 6.45) is 2.85. The van der Waals surface area contributed by atoms with Crippen LogP contribution in [0.1, 0.15) is 26.7 Å². The fourth-order valence-electron chi connectivity index (χ4n) is 2.36. The Kier molecular flexibility index (Phi) is 2.26. The largest absolute Gasteiger partial charge is 0.311 e. The van der Waals surface area contributed by atoms with Crippen molar-refractivity contribution in [2.75, 3.05) is 0 Å². The third kappa shape index (κ3) is 0.960. The van der Waals surface area contributed by atoms with E-state index < -0.39 is 0 Å². The van der Waals surface area contributed by atoms with E-state index in [-0.39, 0.29) is 12.4 Å². The summed E-state index contributed by atoms with van der Waals surface area (Å²) in [6, 6.07) is 1.73. The van der Waals surface area contributed by atoms with Gasteiger partial charge in [0.25, 0.3) is 0 Å².